The maximum atomic E-state index is 12.6. The van der Waals surface area contributed by atoms with E-state index in [4.69, 9.17) is 0 Å². The molecule has 2 saturated carbocycles. The largest absolute Gasteiger partial charge is 0.299 e. The van der Waals surface area contributed by atoms with E-state index in [1.807, 2.05) is 6.92 Å². The zero-order valence-electron chi connectivity index (χ0n) is 11.6. The third-order valence-corrected chi connectivity index (χ3v) is 5.02. The van der Waals surface area contributed by atoms with Crippen LogP contribution in [0.15, 0.2) is 24.3 Å². The van der Waals surface area contributed by atoms with Crippen molar-refractivity contribution in [2.75, 3.05) is 0 Å². The van der Waals surface area contributed by atoms with Gasteiger partial charge in [-0.1, -0.05) is 36.8 Å². The second kappa shape index (κ2) is 4.29. The number of carbonyl (C=O) groups excluding carboxylic acids is 2. The Labute approximate surface area is 114 Å². The molecule has 0 aromatic heterocycles. The Bertz CT molecular complexity index is 529. The molecule has 2 fully saturated rings. The van der Waals surface area contributed by atoms with E-state index in [9.17, 15) is 9.59 Å². The smallest absolute Gasteiger partial charge is 0.149 e. The lowest BCUT2D eigenvalue weighted by Crippen LogP contribution is -2.36. The van der Waals surface area contributed by atoms with Crippen LogP contribution in [0.5, 0.6) is 0 Å². The van der Waals surface area contributed by atoms with Crippen LogP contribution < -0.4 is 0 Å². The zero-order chi connectivity index (χ0) is 13.6. The molecular formula is C17H20O2. The van der Waals surface area contributed by atoms with Gasteiger partial charge in [-0.15, -0.1) is 0 Å². The molecule has 19 heavy (non-hydrogen) atoms. The quantitative estimate of drug-likeness (QED) is 0.721. The van der Waals surface area contributed by atoms with Gasteiger partial charge in [0.05, 0.1) is 5.41 Å². The summed E-state index contributed by atoms with van der Waals surface area (Å²) in [5.74, 6) is 0.506. The first-order valence-corrected chi connectivity index (χ1v) is 7.20. The van der Waals surface area contributed by atoms with E-state index in [1.54, 1.807) is 0 Å². The molecule has 3 rings (SSSR count). The van der Waals surface area contributed by atoms with Crippen molar-refractivity contribution in [1.82, 2.24) is 0 Å². The van der Waals surface area contributed by atoms with Gasteiger partial charge in [-0.05, 0) is 31.7 Å². The summed E-state index contributed by atoms with van der Waals surface area (Å²) in [6.45, 7) is 4.03. The van der Waals surface area contributed by atoms with Gasteiger partial charge in [0.1, 0.15) is 11.6 Å². The van der Waals surface area contributed by atoms with E-state index >= 15 is 0 Å². The molecule has 2 heteroatoms. The van der Waals surface area contributed by atoms with Gasteiger partial charge in [0, 0.05) is 18.3 Å². The zero-order valence-corrected chi connectivity index (χ0v) is 11.6. The summed E-state index contributed by atoms with van der Waals surface area (Å²) in [5.41, 5.74) is 1.70. The summed E-state index contributed by atoms with van der Waals surface area (Å²) in [7, 11) is 0. The Balaban J connectivity index is 2.07. The second-order valence-electron chi connectivity index (χ2n) is 6.21. The number of rotatable bonds is 1. The summed E-state index contributed by atoms with van der Waals surface area (Å²) in [6, 6.07) is 8.35. The van der Waals surface area contributed by atoms with Crippen molar-refractivity contribution in [3.63, 3.8) is 0 Å². The van der Waals surface area contributed by atoms with Crippen molar-refractivity contribution in [3.05, 3.63) is 35.4 Å². The highest BCUT2D eigenvalue weighted by Crippen LogP contribution is 2.56. The van der Waals surface area contributed by atoms with Crippen molar-refractivity contribution in [2.45, 2.75) is 45.4 Å². The Kier molecular flexibility index (Phi) is 2.84. The van der Waals surface area contributed by atoms with Crippen molar-refractivity contribution >= 4 is 11.6 Å². The topological polar surface area (TPSA) is 34.1 Å². The number of benzene rings is 1. The molecule has 1 aromatic rings. The lowest BCUT2D eigenvalue weighted by Gasteiger charge is -2.28. The molecule has 0 heterocycles. The van der Waals surface area contributed by atoms with Gasteiger partial charge in [0.2, 0.25) is 0 Å². The number of hydrogen-bond acceptors (Lipinski definition) is 2. The normalized spacial score (nSPS) is 34.4. The maximum Gasteiger partial charge on any atom is 0.149 e. The summed E-state index contributed by atoms with van der Waals surface area (Å²) < 4.78 is 0. The van der Waals surface area contributed by atoms with Crippen LogP contribution in [0.1, 0.15) is 49.7 Å². The predicted molar refractivity (Wildman–Crippen MR) is 74.0 cm³/mol. The fourth-order valence-corrected chi connectivity index (χ4v) is 4.01. The molecule has 2 aliphatic rings. The average Bonchev–Trinajstić information content (AvgIpc) is 2.89. The van der Waals surface area contributed by atoms with E-state index in [0.29, 0.717) is 6.42 Å². The minimum Gasteiger partial charge on any atom is -0.299 e. The van der Waals surface area contributed by atoms with Crippen LogP contribution in [0.2, 0.25) is 0 Å². The highest BCUT2D eigenvalue weighted by atomic mass is 16.2. The van der Waals surface area contributed by atoms with E-state index in [1.165, 1.54) is 11.1 Å². The molecule has 100 valence electrons. The Morgan fingerprint density at radius 2 is 1.84 bits per heavy atom. The highest BCUT2D eigenvalue weighted by molar-refractivity contribution is 6.11. The van der Waals surface area contributed by atoms with Crippen LogP contribution in [0, 0.1) is 18.3 Å². The number of carbonyl (C=O) groups is 2. The van der Waals surface area contributed by atoms with Gasteiger partial charge in [-0.3, -0.25) is 9.59 Å². The SMILES string of the molecule is Cc1ccc([C@H]2C[C@@H](C)C(=O)[C@]23CCCC3=O)cc1. The van der Waals surface area contributed by atoms with Crippen molar-refractivity contribution in [3.8, 4) is 0 Å². The van der Waals surface area contributed by atoms with Crippen LogP contribution in [0.3, 0.4) is 0 Å². The van der Waals surface area contributed by atoms with Crippen molar-refractivity contribution in [1.29, 1.82) is 0 Å². The summed E-state index contributed by atoms with van der Waals surface area (Å²) in [6.07, 6.45) is 3.04. The molecule has 2 aliphatic carbocycles. The minimum atomic E-state index is -0.686. The molecule has 0 unspecified atom stereocenters. The van der Waals surface area contributed by atoms with E-state index in [0.717, 1.165) is 19.3 Å². The maximum absolute atomic E-state index is 12.6. The van der Waals surface area contributed by atoms with Crippen LogP contribution in [-0.4, -0.2) is 11.6 Å². The minimum absolute atomic E-state index is 0.0216. The van der Waals surface area contributed by atoms with Crippen LogP contribution in [0.25, 0.3) is 0 Å². The summed E-state index contributed by atoms with van der Waals surface area (Å²) in [5, 5.41) is 0. The van der Waals surface area contributed by atoms with Crippen molar-refractivity contribution in [2.24, 2.45) is 11.3 Å². The summed E-state index contributed by atoms with van der Waals surface area (Å²) in [4.78, 5) is 25.0. The van der Waals surface area contributed by atoms with Crippen molar-refractivity contribution < 1.29 is 9.59 Å². The fraction of sp³-hybridized carbons (Fsp3) is 0.529. The number of Topliss-reactive ketones (excluding diaryl/α,β-unsaturated/α-hetero) is 2. The molecule has 0 aliphatic heterocycles. The monoisotopic (exact) mass is 256 g/mol. The van der Waals surface area contributed by atoms with Crippen LogP contribution >= 0.6 is 0 Å². The Hall–Kier alpha value is -1.44. The third kappa shape index (κ3) is 1.69. The lowest BCUT2D eigenvalue weighted by molar-refractivity contribution is -0.138. The molecule has 3 atom stereocenters. The van der Waals surface area contributed by atoms with Gasteiger partial charge in [0.15, 0.2) is 0 Å². The first-order valence-electron chi connectivity index (χ1n) is 7.20. The van der Waals surface area contributed by atoms with Gasteiger partial charge in [0.25, 0.3) is 0 Å². The van der Waals surface area contributed by atoms with Gasteiger partial charge in [-0.2, -0.15) is 0 Å². The molecule has 1 aromatic carbocycles. The molecular weight excluding hydrogens is 236 g/mol. The van der Waals surface area contributed by atoms with Gasteiger partial charge < -0.3 is 0 Å². The van der Waals surface area contributed by atoms with Gasteiger partial charge >= 0.3 is 0 Å². The van der Waals surface area contributed by atoms with E-state index in [2.05, 4.69) is 31.2 Å². The molecule has 0 radical (unpaired) electrons. The number of hydrogen-bond donors (Lipinski definition) is 0. The van der Waals surface area contributed by atoms with Crippen LogP contribution in [0.4, 0.5) is 0 Å². The van der Waals surface area contributed by atoms with E-state index < -0.39 is 5.41 Å². The number of ketones is 2. The molecule has 0 saturated heterocycles. The first kappa shape index (κ1) is 12.6. The Morgan fingerprint density at radius 3 is 2.42 bits per heavy atom. The summed E-state index contributed by atoms with van der Waals surface area (Å²) >= 11 is 0. The fourth-order valence-electron chi connectivity index (χ4n) is 4.01. The molecule has 0 N–H and O–H groups in total. The van der Waals surface area contributed by atoms with E-state index in [-0.39, 0.29) is 23.4 Å². The van der Waals surface area contributed by atoms with Gasteiger partial charge in [-0.25, -0.2) is 0 Å². The lowest BCUT2D eigenvalue weighted by atomic mass is 9.71. The third-order valence-electron chi connectivity index (χ3n) is 5.02. The average molecular weight is 256 g/mol. The molecule has 0 amide bonds. The molecule has 1 spiro atoms. The van der Waals surface area contributed by atoms with Crippen LogP contribution in [-0.2, 0) is 9.59 Å². The predicted octanol–water partition coefficient (Wildman–Crippen LogP) is 3.43. The standard InChI is InChI=1S/C17H20O2/c1-11-5-7-13(8-6-11)14-10-12(2)16(19)17(14)9-3-4-15(17)18/h5-8,12,14H,3-4,9-10H2,1-2H3/t12-,14-,17-/m1/s1. The molecule has 0 bridgehead atoms. The first-order chi connectivity index (χ1) is 9.05. The highest BCUT2D eigenvalue weighted by Gasteiger charge is 2.59. The number of aryl methyl sites for hydroxylation is 1. The molecule has 2 nitrogen and oxygen atoms in total. The Morgan fingerprint density at radius 1 is 1.16 bits per heavy atom. The second-order valence-corrected chi connectivity index (χ2v) is 6.21.